The van der Waals surface area contributed by atoms with Crippen LogP contribution in [0.25, 0.3) is 0 Å². The first-order chi connectivity index (χ1) is 19.3. The number of H-pyrrole nitrogens is 1. The van der Waals surface area contributed by atoms with Crippen molar-refractivity contribution in [1.29, 1.82) is 0 Å². The van der Waals surface area contributed by atoms with E-state index >= 15 is 0 Å². The summed E-state index contributed by atoms with van der Waals surface area (Å²) in [5, 5.41) is 11.0. The van der Waals surface area contributed by atoms with Crippen molar-refractivity contribution in [3.63, 3.8) is 0 Å². The summed E-state index contributed by atoms with van der Waals surface area (Å²) in [6, 6.07) is 25.1. The average molecular weight is 545 g/mol. The number of aromatic nitrogens is 2. The lowest BCUT2D eigenvalue weighted by Crippen LogP contribution is -2.38. The fourth-order valence-electron chi connectivity index (χ4n) is 5.17. The lowest BCUT2D eigenvalue weighted by molar-refractivity contribution is -0.0830. The topological polar surface area (TPSA) is 112 Å². The van der Waals surface area contributed by atoms with Gasteiger partial charge in [0.2, 0.25) is 0 Å². The van der Waals surface area contributed by atoms with Crippen LogP contribution in [0.4, 0.5) is 0 Å². The highest BCUT2D eigenvalue weighted by molar-refractivity contribution is 5.49. The molecule has 3 atom stereocenters. The molecule has 0 bridgehead atoms. The quantitative estimate of drug-likeness (QED) is 0.311. The van der Waals surface area contributed by atoms with Crippen LogP contribution in [-0.2, 0) is 22.1 Å². The van der Waals surface area contributed by atoms with Crippen LogP contribution in [0.2, 0.25) is 0 Å². The maximum Gasteiger partial charge on any atom is 0.328 e. The van der Waals surface area contributed by atoms with Crippen molar-refractivity contribution >= 4 is 0 Å². The Bertz CT molecular complexity index is 1500. The SMILES string of the molecule is COc1ccc(C(OCC2OC(c3cn(C)c(=O)[nH]c3=O)CC2O)(c2ccccc2)c2ccc(OC)cc2)cc1. The molecule has 1 aliphatic heterocycles. The average Bonchev–Trinajstić information content (AvgIpc) is 3.36. The molecule has 0 saturated carbocycles. The molecule has 9 nitrogen and oxygen atoms in total. The number of methoxy groups -OCH3 is 2. The molecule has 0 amide bonds. The highest BCUT2D eigenvalue weighted by atomic mass is 16.6. The summed E-state index contributed by atoms with van der Waals surface area (Å²) in [4.78, 5) is 26.6. The zero-order valence-electron chi connectivity index (χ0n) is 22.6. The molecule has 1 fully saturated rings. The lowest BCUT2D eigenvalue weighted by Gasteiger charge is -2.37. The smallest absolute Gasteiger partial charge is 0.328 e. The van der Waals surface area contributed by atoms with Gasteiger partial charge in [-0.1, -0.05) is 54.6 Å². The summed E-state index contributed by atoms with van der Waals surface area (Å²) in [5.74, 6) is 1.42. The van der Waals surface area contributed by atoms with Gasteiger partial charge in [0.1, 0.15) is 23.2 Å². The standard InChI is InChI=1S/C31H32N2O7/c1-33-18-25(29(35)32-30(33)36)27-17-26(34)28(40-27)19-39-31(20-7-5-4-6-8-20,21-9-13-23(37-2)14-10-21)22-11-15-24(38-3)16-12-22/h4-16,18,26-28,34H,17,19H2,1-3H3,(H,32,35,36). The summed E-state index contributed by atoms with van der Waals surface area (Å²) in [7, 11) is 4.78. The van der Waals surface area contributed by atoms with Gasteiger partial charge in [-0.2, -0.15) is 0 Å². The molecule has 1 saturated heterocycles. The van der Waals surface area contributed by atoms with Gasteiger partial charge in [-0.05, 0) is 41.0 Å². The number of ether oxygens (including phenoxy) is 4. The minimum Gasteiger partial charge on any atom is -0.497 e. The molecule has 208 valence electrons. The van der Waals surface area contributed by atoms with Crippen molar-refractivity contribution in [2.24, 2.45) is 7.05 Å². The second-order valence-corrected chi connectivity index (χ2v) is 9.74. The number of hydrogen-bond acceptors (Lipinski definition) is 7. The van der Waals surface area contributed by atoms with E-state index in [1.807, 2.05) is 78.9 Å². The van der Waals surface area contributed by atoms with Gasteiger partial charge in [-0.25, -0.2) is 4.79 Å². The molecule has 5 rings (SSSR count). The zero-order valence-corrected chi connectivity index (χ0v) is 22.6. The normalized spacial score (nSPS) is 18.9. The molecule has 0 radical (unpaired) electrons. The van der Waals surface area contributed by atoms with Crippen molar-refractivity contribution in [2.45, 2.75) is 30.3 Å². The first-order valence-corrected chi connectivity index (χ1v) is 13.0. The van der Waals surface area contributed by atoms with Crippen LogP contribution in [0, 0.1) is 0 Å². The minimum atomic E-state index is -1.07. The van der Waals surface area contributed by atoms with Crippen LogP contribution in [0.5, 0.6) is 11.5 Å². The van der Waals surface area contributed by atoms with E-state index in [1.54, 1.807) is 21.3 Å². The van der Waals surface area contributed by atoms with Gasteiger partial charge in [-0.15, -0.1) is 0 Å². The Labute approximate surface area is 231 Å². The van der Waals surface area contributed by atoms with Gasteiger partial charge in [0, 0.05) is 19.7 Å². The Balaban J connectivity index is 1.54. The number of nitrogens with one attached hydrogen (secondary N) is 1. The first-order valence-electron chi connectivity index (χ1n) is 13.0. The highest BCUT2D eigenvalue weighted by Crippen LogP contribution is 2.43. The van der Waals surface area contributed by atoms with E-state index in [0.29, 0.717) is 11.5 Å². The van der Waals surface area contributed by atoms with E-state index < -0.39 is 35.2 Å². The highest BCUT2D eigenvalue weighted by Gasteiger charge is 2.42. The van der Waals surface area contributed by atoms with E-state index in [0.717, 1.165) is 16.7 Å². The number of aliphatic hydroxyl groups is 1. The monoisotopic (exact) mass is 544 g/mol. The Hall–Kier alpha value is -4.18. The molecule has 9 heteroatoms. The van der Waals surface area contributed by atoms with Crippen LogP contribution >= 0.6 is 0 Å². The molecule has 2 heterocycles. The lowest BCUT2D eigenvalue weighted by atomic mass is 9.80. The maximum absolute atomic E-state index is 12.5. The molecule has 3 unspecified atom stereocenters. The van der Waals surface area contributed by atoms with Gasteiger partial charge >= 0.3 is 5.69 Å². The number of nitrogens with zero attached hydrogens (tertiary/aromatic N) is 1. The Morgan fingerprint density at radius 1 is 0.900 bits per heavy atom. The molecular weight excluding hydrogens is 512 g/mol. The van der Waals surface area contributed by atoms with E-state index in [4.69, 9.17) is 18.9 Å². The molecule has 40 heavy (non-hydrogen) atoms. The van der Waals surface area contributed by atoms with Gasteiger partial charge < -0.3 is 28.6 Å². The number of rotatable bonds is 9. The third kappa shape index (κ3) is 5.19. The number of hydrogen-bond donors (Lipinski definition) is 2. The molecule has 0 aliphatic carbocycles. The second-order valence-electron chi connectivity index (χ2n) is 9.74. The van der Waals surface area contributed by atoms with E-state index in [1.165, 1.54) is 10.8 Å². The predicted octanol–water partition coefficient (Wildman–Crippen LogP) is 3.29. The van der Waals surface area contributed by atoms with E-state index in [2.05, 4.69) is 4.98 Å². The third-order valence-corrected chi connectivity index (χ3v) is 7.34. The molecule has 4 aromatic rings. The Kier molecular flexibility index (Phi) is 7.88. The van der Waals surface area contributed by atoms with Gasteiger partial charge in [0.25, 0.3) is 5.56 Å². The second kappa shape index (κ2) is 11.5. The fourth-order valence-corrected chi connectivity index (χ4v) is 5.17. The van der Waals surface area contributed by atoms with Crippen molar-refractivity contribution in [3.05, 3.63) is 128 Å². The van der Waals surface area contributed by atoms with Crippen LogP contribution < -0.4 is 20.7 Å². The van der Waals surface area contributed by atoms with Gasteiger partial charge in [0.15, 0.2) is 0 Å². The number of aromatic amines is 1. The van der Waals surface area contributed by atoms with Crippen molar-refractivity contribution in [2.75, 3.05) is 20.8 Å². The van der Waals surface area contributed by atoms with Gasteiger partial charge in [-0.3, -0.25) is 9.78 Å². The van der Waals surface area contributed by atoms with E-state index in [-0.39, 0.29) is 18.6 Å². The molecule has 1 aliphatic rings. The summed E-state index contributed by atoms with van der Waals surface area (Å²) >= 11 is 0. The van der Waals surface area contributed by atoms with Crippen molar-refractivity contribution in [1.82, 2.24) is 9.55 Å². The number of aryl methyl sites for hydroxylation is 1. The van der Waals surface area contributed by atoms with Crippen LogP contribution in [0.3, 0.4) is 0 Å². The first kappa shape index (κ1) is 27.4. The number of aliphatic hydroxyl groups excluding tert-OH is 1. The minimum absolute atomic E-state index is 0.0221. The number of benzene rings is 3. The van der Waals surface area contributed by atoms with Crippen LogP contribution in [0.15, 0.2) is 94.6 Å². The summed E-state index contributed by atoms with van der Waals surface area (Å²) in [5.41, 5.74) is 0.740. The third-order valence-electron chi connectivity index (χ3n) is 7.34. The molecular formula is C31H32N2O7. The molecule has 2 N–H and O–H groups in total. The maximum atomic E-state index is 12.5. The van der Waals surface area contributed by atoms with E-state index in [9.17, 15) is 14.7 Å². The molecule has 0 spiro atoms. The summed E-state index contributed by atoms with van der Waals surface area (Å²) in [6.07, 6.45) is -0.654. The molecule has 3 aromatic carbocycles. The van der Waals surface area contributed by atoms with Crippen molar-refractivity contribution in [3.8, 4) is 11.5 Å². The molecule has 1 aromatic heterocycles. The van der Waals surface area contributed by atoms with Crippen LogP contribution in [0.1, 0.15) is 34.8 Å². The fraction of sp³-hybridized carbons (Fsp3) is 0.290. The summed E-state index contributed by atoms with van der Waals surface area (Å²) < 4.78 is 25.1. The Morgan fingerprint density at radius 3 is 2.00 bits per heavy atom. The predicted molar refractivity (Wildman–Crippen MR) is 149 cm³/mol. The van der Waals surface area contributed by atoms with Crippen molar-refractivity contribution < 1.29 is 24.1 Å². The van der Waals surface area contributed by atoms with Crippen LogP contribution in [-0.4, -0.2) is 47.7 Å². The van der Waals surface area contributed by atoms with Gasteiger partial charge in [0.05, 0.1) is 38.6 Å². The summed E-state index contributed by atoms with van der Waals surface area (Å²) in [6.45, 7) is 0.0221. The largest absolute Gasteiger partial charge is 0.497 e. The zero-order chi connectivity index (χ0) is 28.3. The Morgan fingerprint density at radius 2 is 1.45 bits per heavy atom.